The van der Waals surface area contributed by atoms with E-state index in [2.05, 4.69) is 0 Å². The quantitative estimate of drug-likeness (QED) is 0.521. The van der Waals surface area contributed by atoms with Gasteiger partial charge >= 0.3 is 6.09 Å². The molecule has 32 heavy (non-hydrogen) atoms. The Morgan fingerprint density at radius 3 is 2.03 bits per heavy atom. The minimum Gasteiger partial charge on any atom is -0.436 e. The van der Waals surface area contributed by atoms with E-state index in [-0.39, 0.29) is 18.2 Å². The third-order valence-electron chi connectivity index (χ3n) is 5.90. The van der Waals surface area contributed by atoms with E-state index in [0.717, 1.165) is 22.3 Å². The van der Waals surface area contributed by atoms with Crippen LogP contribution in [-0.2, 0) is 16.8 Å². The van der Waals surface area contributed by atoms with Gasteiger partial charge in [0.1, 0.15) is 11.6 Å². The maximum absolute atomic E-state index is 13.4. The summed E-state index contributed by atoms with van der Waals surface area (Å²) < 4.78 is 32.3. The van der Waals surface area contributed by atoms with E-state index in [9.17, 15) is 18.7 Å². The molecule has 0 saturated carbocycles. The first-order chi connectivity index (χ1) is 15.5. The van der Waals surface area contributed by atoms with Crippen molar-refractivity contribution in [3.05, 3.63) is 95.6 Å². The molecule has 1 atom stereocenters. The van der Waals surface area contributed by atoms with Gasteiger partial charge in [-0.2, -0.15) is 0 Å². The van der Waals surface area contributed by atoms with E-state index in [1.54, 1.807) is 29.2 Å². The molecule has 3 aromatic carbocycles. The van der Waals surface area contributed by atoms with E-state index in [4.69, 9.17) is 4.74 Å². The molecule has 1 saturated heterocycles. The summed E-state index contributed by atoms with van der Waals surface area (Å²) in [5.74, 6) is -0.616. The van der Waals surface area contributed by atoms with Gasteiger partial charge in [-0.05, 0) is 65.8 Å². The minimum atomic E-state index is -0.889. The zero-order valence-electron chi connectivity index (χ0n) is 17.6. The summed E-state index contributed by atoms with van der Waals surface area (Å²) in [4.78, 5) is 14.3. The second kappa shape index (κ2) is 9.49. The molecule has 4 nitrogen and oxygen atoms in total. The highest BCUT2D eigenvalue weighted by molar-refractivity contribution is 5.71. The molecule has 0 spiro atoms. The summed E-state index contributed by atoms with van der Waals surface area (Å²) in [5.41, 5.74) is 2.84. The predicted molar refractivity (Wildman–Crippen MR) is 118 cm³/mol. The average molecular weight is 437 g/mol. The summed E-state index contributed by atoms with van der Waals surface area (Å²) >= 11 is 0. The Balaban J connectivity index is 1.43. The number of benzene rings is 3. The lowest BCUT2D eigenvalue weighted by molar-refractivity contribution is 0.0409. The predicted octanol–water partition coefficient (Wildman–Crippen LogP) is 5.29. The molecule has 1 unspecified atom stereocenters. The Bertz CT molecular complexity index is 1050. The second-order valence-corrected chi connectivity index (χ2v) is 8.07. The lowest BCUT2D eigenvalue weighted by Crippen LogP contribution is -2.33. The molecule has 1 amide bonds. The number of halogens is 2. The van der Waals surface area contributed by atoms with Gasteiger partial charge in [-0.25, -0.2) is 13.6 Å². The van der Waals surface area contributed by atoms with E-state index < -0.39 is 11.7 Å². The smallest absolute Gasteiger partial charge is 0.410 e. The third-order valence-corrected chi connectivity index (χ3v) is 5.90. The summed E-state index contributed by atoms with van der Waals surface area (Å²) in [6.45, 7) is 0.822. The van der Waals surface area contributed by atoms with Gasteiger partial charge in [0.2, 0.25) is 0 Å². The first-order valence-electron chi connectivity index (χ1n) is 10.7. The summed E-state index contributed by atoms with van der Waals surface area (Å²) in [6.07, 6.45) is 1.18. The summed E-state index contributed by atoms with van der Waals surface area (Å²) in [5, 5.41) is 9.30. The number of aliphatic hydroxyl groups excluding tert-OH is 1. The van der Waals surface area contributed by atoms with Gasteiger partial charge < -0.3 is 14.7 Å². The maximum Gasteiger partial charge on any atom is 0.410 e. The fraction of sp³-hybridized carbons (Fsp3) is 0.269. The Morgan fingerprint density at radius 1 is 0.875 bits per heavy atom. The maximum atomic E-state index is 13.4. The number of hydrogen-bond acceptors (Lipinski definition) is 3. The van der Waals surface area contributed by atoms with E-state index in [0.29, 0.717) is 32.4 Å². The van der Waals surface area contributed by atoms with Crippen LogP contribution < -0.4 is 0 Å². The Labute approximate surface area is 186 Å². The van der Waals surface area contributed by atoms with Crippen molar-refractivity contribution >= 4 is 6.09 Å². The molecule has 0 bridgehead atoms. The van der Waals surface area contributed by atoms with Crippen LogP contribution in [0, 0.1) is 11.6 Å². The van der Waals surface area contributed by atoms with E-state index >= 15 is 0 Å². The minimum absolute atomic E-state index is 0.0130. The first kappa shape index (κ1) is 22.0. The van der Waals surface area contributed by atoms with Crippen LogP contribution in [0.5, 0.6) is 0 Å². The second-order valence-electron chi connectivity index (χ2n) is 8.07. The molecule has 1 N–H and O–H groups in total. The summed E-state index contributed by atoms with van der Waals surface area (Å²) in [6, 6.07) is 20.3. The first-order valence-corrected chi connectivity index (χ1v) is 10.7. The van der Waals surface area contributed by atoms with Gasteiger partial charge in [0.25, 0.3) is 0 Å². The van der Waals surface area contributed by atoms with Crippen LogP contribution >= 0.6 is 0 Å². The highest BCUT2D eigenvalue weighted by Gasteiger charge is 2.45. The van der Waals surface area contributed by atoms with Gasteiger partial charge in [-0.15, -0.1) is 0 Å². The van der Waals surface area contributed by atoms with Crippen molar-refractivity contribution < 1.29 is 23.4 Å². The molecular weight excluding hydrogens is 412 g/mol. The Morgan fingerprint density at radius 2 is 1.44 bits per heavy atom. The molecule has 4 rings (SSSR count). The molecule has 3 aromatic rings. The molecule has 0 aliphatic carbocycles. The number of ether oxygens (including phenoxy) is 1. The monoisotopic (exact) mass is 437 g/mol. The number of hydrogen-bond donors (Lipinski definition) is 1. The van der Waals surface area contributed by atoms with Crippen molar-refractivity contribution in [2.75, 3.05) is 19.7 Å². The van der Waals surface area contributed by atoms with Crippen molar-refractivity contribution in [1.29, 1.82) is 0 Å². The zero-order valence-corrected chi connectivity index (χ0v) is 17.6. The molecule has 6 heteroatoms. The van der Waals surface area contributed by atoms with Crippen LogP contribution in [0.1, 0.15) is 24.0 Å². The van der Waals surface area contributed by atoms with Crippen molar-refractivity contribution in [2.24, 2.45) is 0 Å². The molecule has 0 radical (unpaired) electrons. The number of carbonyl (C=O) groups is 1. The largest absolute Gasteiger partial charge is 0.436 e. The van der Waals surface area contributed by atoms with Crippen LogP contribution in [0.2, 0.25) is 0 Å². The van der Waals surface area contributed by atoms with Crippen LogP contribution in [0.4, 0.5) is 13.6 Å². The molecule has 0 aromatic heterocycles. The normalized spacial score (nSPS) is 18.1. The zero-order chi connectivity index (χ0) is 22.6. The number of cyclic esters (lactones) is 1. The fourth-order valence-corrected chi connectivity index (χ4v) is 4.12. The van der Waals surface area contributed by atoms with Crippen LogP contribution in [0.15, 0.2) is 72.8 Å². The lowest BCUT2D eigenvalue weighted by atomic mass is 9.89. The van der Waals surface area contributed by atoms with Gasteiger partial charge in [0, 0.05) is 13.2 Å². The standard InChI is InChI=1S/C26H25F2NO3/c27-23-10-6-21(7-11-23)20-4-2-19(3-5-20)14-16-29-18-26(15-1-17-30,32-25(29)31)22-8-12-24(28)13-9-22/h2-13,30H,1,14-18H2. The van der Waals surface area contributed by atoms with Crippen LogP contribution in [-0.4, -0.2) is 35.8 Å². The number of carbonyl (C=O) groups excluding carboxylic acids is 1. The number of rotatable bonds is 8. The van der Waals surface area contributed by atoms with Gasteiger partial charge in [-0.3, -0.25) is 0 Å². The molecule has 166 valence electrons. The molecule has 1 heterocycles. The van der Waals surface area contributed by atoms with Crippen molar-refractivity contribution in [1.82, 2.24) is 4.90 Å². The Hall–Kier alpha value is -3.25. The van der Waals surface area contributed by atoms with Crippen LogP contribution in [0.25, 0.3) is 11.1 Å². The summed E-state index contributed by atoms with van der Waals surface area (Å²) in [7, 11) is 0. The molecule has 1 fully saturated rings. The van der Waals surface area contributed by atoms with E-state index in [1.807, 2.05) is 24.3 Å². The fourth-order valence-electron chi connectivity index (χ4n) is 4.12. The Kier molecular flexibility index (Phi) is 6.51. The highest BCUT2D eigenvalue weighted by atomic mass is 19.1. The third kappa shape index (κ3) is 4.81. The topological polar surface area (TPSA) is 49.8 Å². The molecule has 1 aliphatic rings. The number of aliphatic hydroxyl groups is 1. The SMILES string of the molecule is O=C1OC(CCCO)(c2ccc(F)cc2)CN1CCc1ccc(-c2ccc(F)cc2)cc1. The lowest BCUT2D eigenvalue weighted by Gasteiger charge is -2.27. The average Bonchev–Trinajstić information content (AvgIpc) is 3.14. The van der Waals surface area contributed by atoms with Gasteiger partial charge in [-0.1, -0.05) is 48.5 Å². The molecular formula is C26H25F2NO3. The molecule has 1 aliphatic heterocycles. The van der Waals surface area contributed by atoms with Crippen molar-refractivity contribution in [3.8, 4) is 11.1 Å². The van der Waals surface area contributed by atoms with Crippen molar-refractivity contribution in [2.45, 2.75) is 24.9 Å². The van der Waals surface area contributed by atoms with Gasteiger partial charge in [0.15, 0.2) is 5.60 Å². The highest BCUT2D eigenvalue weighted by Crippen LogP contribution is 2.37. The van der Waals surface area contributed by atoms with Crippen LogP contribution in [0.3, 0.4) is 0 Å². The van der Waals surface area contributed by atoms with Crippen molar-refractivity contribution in [3.63, 3.8) is 0 Å². The number of amides is 1. The van der Waals surface area contributed by atoms with E-state index in [1.165, 1.54) is 24.3 Å². The number of nitrogens with zero attached hydrogens (tertiary/aromatic N) is 1. The van der Waals surface area contributed by atoms with Gasteiger partial charge in [0.05, 0.1) is 6.54 Å².